The molecule has 17 heavy (non-hydrogen) atoms. The van der Waals surface area contributed by atoms with E-state index in [1.54, 1.807) is 25.2 Å². The summed E-state index contributed by atoms with van der Waals surface area (Å²) in [5, 5.41) is 0. The fraction of sp³-hybridized carbons (Fsp3) is 0.364. The van der Waals surface area contributed by atoms with Crippen LogP contribution in [0, 0.1) is 0 Å². The first-order valence-electron chi connectivity index (χ1n) is 5.07. The van der Waals surface area contributed by atoms with E-state index in [1.165, 1.54) is 4.90 Å². The lowest BCUT2D eigenvalue weighted by Crippen LogP contribution is -2.32. The smallest absolute Gasteiger partial charge is 0.241 e. The number of benzene rings is 1. The number of nitrogens with zero attached hydrogens (tertiary/aromatic N) is 1. The maximum atomic E-state index is 11.7. The van der Waals surface area contributed by atoms with E-state index in [2.05, 4.69) is 0 Å². The summed E-state index contributed by atoms with van der Waals surface area (Å²) in [4.78, 5) is 13.1. The van der Waals surface area contributed by atoms with Crippen LogP contribution in [0.5, 0.6) is 0 Å². The van der Waals surface area contributed by atoms with Gasteiger partial charge in [-0.25, -0.2) is 8.42 Å². The highest BCUT2D eigenvalue weighted by atomic mass is 32.2. The second-order valence-electron chi connectivity index (χ2n) is 3.86. The van der Waals surface area contributed by atoms with Crippen LogP contribution in [0.2, 0.25) is 0 Å². The molecular weight excluding hydrogens is 240 g/mol. The molecule has 0 radical (unpaired) electrons. The zero-order valence-corrected chi connectivity index (χ0v) is 10.7. The molecule has 0 bridgehead atoms. The molecule has 0 aliphatic rings. The quantitative estimate of drug-likeness (QED) is 0.831. The molecule has 2 N–H and O–H groups in total. The summed E-state index contributed by atoms with van der Waals surface area (Å²) in [6.45, 7) is 0.298. The lowest BCUT2D eigenvalue weighted by Gasteiger charge is -2.19. The number of para-hydroxylation sites is 1. The molecule has 0 atom stereocenters. The molecule has 1 aromatic carbocycles. The molecule has 5 nitrogen and oxygen atoms in total. The van der Waals surface area contributed by atoms with Gasteiger partial charge in [-0.1, -0.05) is 18.2 Å². The van der Waals surface area contributed by atoms with Gasteiger partial charge in [0.2, 0.25) is 5.91 Å². The lowest BCUT2D eigenvalue weighted by atomic mass is 10.1. The van der Waals surface area contributed by atoms with Gasteiger partial charge in [0.15, 0.2) is 9.84 Å². The van der Waals surface area contributed by atoms with Gasteiger partial charge in [0.05, 0.1) is 0 Å². The maximum Gasteiger partial charge on any atom is 0.241 e. The molecule has 0 saturated heterocycles. The SMILES string of the molecule is CN(C(=O)CS(C)(=O)=O)c1ccccc1CN. The van der Waals surface area contributed by atoms with Crippen molar-refractivity contribution in [1.82, 2.24) is 0 Å². The van der Waals surface area contributed by atoms with Gasteiger partial charge in [0.25, 0.3) is 0 Å². The van der Waals surface area contributed by atoms with Gasteiger partial charge >= 0.3 is 0 Å². The highest BCUT2D eigenvalue weighted by Crippen LogP contribution is 2.18. The lowest BCUT2D eigenvalue weighted by molar-refractivity contribution is -0.115. The van der Waals surface area contributed by atoms with Crippen LogP contribution in [0.4, 0.5) is 5.69 Å². The third-order valence-corrected chi connectivity index (χ3v) is 3.10. The van der Waals surface area contributed by atoms with Crippen LogP contribution in [-0.4, -0.2) is 33.4 Å². The van der Waals surface area contributed by atoms with E-state index < -0.39 is 21.5 Å². The second-order valence-corrected chi connectivity index (χ2v) is 6.00. The molecule has 1 rings (SSSR count). The Labute approximate surface area is 101 Å². The zero-order valence-electron chi connectivity index (χ0n) is 9.88. The highest BCUT2D eigenvalue weighted by Gasteiger charge is 2.18. The maximum absolute atomic E-state index is 11.7. The summed E-state index contributed by atoms with van der Waals surface area (Å²) in [5.41, 5.74) is 7.00. The van der Waals surface area contributed by atoms with Gasteiger partial charge < -0.3 is 10.6 Å². The third-order valence-electron chi connectivity index (χ3n) is 2.33. The number of carbonyl (C=O) groups excluding carboxylic acids is 1. The number of hydrogen-bond acceptors (Lipinski definition) is 4. The summed E-state index contributed by atoms with van der Waals surface area (Å²) in [6, 6.07) is 7.14. The summed E-state index contributed by atoms with van der Waals surface area (Å²) >= 11 is 0. The first-order valence-corrected chi connectivity index (χ1v) is 7.13. The number of amides is 1. The number of carbonyl (C=O) groups is 1. The van der Waals surface area contributed by atoms with Crippen molar-refractivity contribution < 1.29 is 13.2 Å². The van der Waals surface area contributed by atoms with Gasteiger partial charge in [0, 0.05) is 25.5 Å². The van der Waals surface area contributed by atoms with Crippen LogP contribution in [0.25, 0.3) is 0 Å². The molecule has 0 aromatic heterocycles. The molecule has 0 unspecified atom stereocenters. The average Bonchev–Trinajstić information content (AvgIpc) is 2.25. The van der Waals surface area contributed by atoms with Crippen molar-refractivity contribution in [1.29, 1.82) is 0 Å². The molecule has 0 saturated carbocycles. The number of sulfone groups is 1. The van der Waals surface area contributed by atoms with E-state index in [4.69, 9.17) is 5.73 Å². The van der Waals surface area contributed by atoms with E-state index in [9.17, 15) is 13.2 Å². The monoisotopic (exact) mass is 256 g/mol. The van der Waals surface area contributed by atoms with Gasteiger partial charge in [-0.15, -0.1) is 0 Å². The fourth-order valence-corrected chi connectivity index (χ4v) is 2.11. The topological polar surface area (TPSA) is 80.5 Å². The number of anilines is 1. The summed E-state index contributed by atoms with van der Waals surface area (Å²) in [5.74, 6) is -0.962. The Morgan fingerprint density at radius 2 is 1.94 bits per heavy atom. The fourth-order valence-electron chi connectivity index (χ4n) is 1.47. The van der Waals surface area contributed by atoms with Crippen molar-refractivity contribution in [2.75, 3.05) is 24.0 Å². The Kier molecular flexibility index (Phi) is 4.25. The average molecular weight is 256 g/mol. The molecule has 0 aliphatic carbocycles. The van der Waals surface area contributed by atoms with Crippen molar-refractivity contribution in [3.8, 4) is 0 Å². The van der Waals surface area contributed by atoms with Gasteiger partial charge in [-0.05, 0) is 11.6 Å². The van der Waals surface area contributed by atoms with Crippen molar-refractivity contribution in [2.24, 2.45) is 5.73 Å². The molecule has 0 aliphatic heterocycles. The minimum absolute atomic E-state index is 0.298. The Balaban J connectivity index is 2.96. The second kappa shape index (κ2) is 5.29. The van der Waals surface area contributed by atoms with Crippen molar-refractivity contribution in [2.45, 2.75) is 6.54 Å². The molecule has 6 heteroatoms. The zero-order chi connectivity index (χ0) is 13.1. The van der Waals surface area contributed by atoms with Crippen molar-refractivity contribution in [3.63, 3.8) is 0 Å². The number of rotatable bonds is 4. The van der Waals surface area contributed by atoms with Gasteiger partial charge in [-0.2, -0.15) is 0 Å². The van der Waals surface area contributed by atoms with Gasteiger partial charge in [0.1, 0.15) is 5.75 Å². The van der Waals surface area contributed by atoms with Crippen LogP contribution in [0.15, 0.2) is 24.3 Å². The van der Waals surface area contributed by atoms with E-state index in [-0.39, 0.29) is 0 Å². The van der Waals surface area contributed by atoms with E-state index >= 15 is 0 Å². The van der Waals surface area contributed by atoms with Crippen molar-refractivity contribution in [3.05, 3.63) is 29.8 Å². The van der Waals surface area contributed by atoms with Crippen LogP contribution in [-0.2, 0) is 21.2 Å². The van der Waals surface area contributed by atoms with Crippen LogP contribution in [0.1, 0.15) is 5.56 Å². The Morgan fingerprint density at radius 1 is 1.35 bits per heavy atom. The molecule has 94 valence electrons. The van der Waals surface area contributed by atoms with E-state index in [0.717, 1.165) is 11.8 Å². The molecule has 1 amide bonds. The Morgan fingerprint density at radius 3 is 2.47 bits per heavy atom. The first kappa shape index (κ1) is 13.7. The predicted octanol–water partition coefficient (Wildman–Crippen LogP) is 0.153. The van der Waals surface area contributed by atoms with Crippen LogP contribution in [0.3, 0.4) is 0 Å². The minimum atomic E-state index is -3.32. The first-order chi connectivity index (χ1) is 7.85. The van der Waals surface area contributed by atoms with E-state index in [1.807, 2.05) is 6.07 Å². The minimum Gasteiger partial charge on any atom is -0.326 e. The molecule has 0 fully saturated rings. The summed E-state index contributed by atoms with van der Waals surface area (Å²) in [6.07, 6.45) is 1.04. The van der Waals surface area contributed by atoms with Crippen molar-refractivity contribution >= 4 is 21.4 Å². The van der Waals surface area contributed by atoms with Gasteiger partial charge in [-0.3, -0.25) is 4.79 Å². The molecule has 1 aromatic rings. The molecular formula is C11H16N2O3S. The number of hydrogen-bond donors (Lipinski definition) is 1. The largest absolute Gasteiger partial charge is 0.326 e. The van der Waals surface area contributed by atoms with E-state index in [0.29, 0.717) is 12.2 Å². The number of nitrogens with two attached hydrogens (primary N) is 1. The third kappa shape index (κ3) is 3.83. The summed E-state index contributed by atoms with van der Waals surface area (Å²) < 4.78 is 22.1. The molecule has 0 heterocycles. The summed E-state index contributed by atoms with van der Waals surface area (Å²) in [7, 11) is -1.77. The highest BCUT2D eigenvalue weighted by molar-refractivity contribution is 7.91. The van der Waals surface area contributed by atoms with Crippen LogP contribution < -0.4 is 10.6 Å². The Bertz CT molecular complexity index is 511. The van der Waals surface area contributed by atoms with Crippen LogP contribution >= 0.6 is 0 Å². The predicted molar refractivity (Wildman–Crippen MR) is 67.5 cm³/mol. The standard InChI is InChI=1S/C11H16N2O3S/c1-13(11(14)8-17(2,15)16)10-6-4-3-5-9(10)7-12/h3-6H,7-8,12H2,1-2H3. The Hall–Kier alpha value is -1.40. The molecule has 0 spiro atoms. The normalized spacial score (nSPS) is 11.2.